The summed E-state index contributed by atoms with van der Waals surface area (Å²) < 4.78 is 27.0. The van der Waals surface area contributed by atoms with Gasteiger partial charge in [0.15, 0.2) is 0 Å². The molecule has 5 heteroatoms. The van der Waals surface area contributed by atoms with Gasteiger partial charge in [-0.2, -0.15) is 0 Å². The van der Waals surface area contributed by atoms with Crippen molar-refractivity contribution in [3.8, 4) is 0 Å². The molecule has 1 aromatic rings. The molecule has 0 radical (unpaired) electrons. The predicted octanol–water partition coefficient (Wildman–Crippen LogP) is 3.22. The average Bonchev–Trinajstić information content (AvgIpc) is 2.78. The van der Waals surface area contributed by atoms with Crippen molar-refractivity contribution in [1.29, 1.82) is 0 Å². The Kier molecular flexibility index (Phi) is 4.93. The summed E-state index contributed by atoms with van der Waals surface area (Å²) in [6.45, 7) is 6.43. The molecule has 1 N–H and O–H groups in total. The van der Waals surface area contributed by atoms with Crippen LogP contribution in [0.4, 0.5) is 8.78 Å². The van der Waals surface area contributed by atoms with Gasteiger partial charge in [-0.05, 0) is 37.8 Å². The zero-order chi connectivity index (χ0) is 15.6. The first-order chi connectivity index (χ1) is 9.90. The largest absolute Gasteiger partial charge is 0.319 e. The lowest BCUT2D eigenvalue weighted by Gasteiger charge is -2.31. The number of nitrogens with one attached hydrogen (secondary N) is 1. The Morgan fingerprint density at radius 1 is 1.29 bits per heavy atom. The molecular weight excluding hydrogens is 274 g/mol. The van der Waals surface area contributed by atoms with Gasteiger partial charge in [-0.3, -0.25) is 10.1 Å². The van der Waals surface area contributed by atoms with E-state index < -0.39 is 17.8 Å². The van der Waals surface area contributed by atoms with Gasteiger partial charge in [0.2, 0.25) is 5.91 Å². The summed E-state index contributed by atoms with van der Waals surface area (Å²) in [5, 5.41) is 3.02. The first-order valence-electron chi connectivity index (χ1n) is 7.39. The number of carbonyl (C=O) groups is 1. The van der Waals surface area contributed by atoms with Crippen LogP contribution in [0.5, 0.6) is 0 Å². The topological polar surface area (TPSA) is 32.3 Å². The molecule has 1 aliphatic heterocycles. The molecular formula is C16H22F2N2O. The molecule has 0 spiro atoms. The minimum Gasteiger partial charge on any atom is -0.319 e. The van der Waals surface area contributed by atoms with Crippen LogP contribution in [-0.4, -0.2) is 23.4 Å². The van der Waals surface area contributed by atoms with E-state index in [4.69, 9.17) is 0 Å². The second-order valence-electron chi connectivity index (χ2n) is 6.07. The van der Waals surface area contributed by atoms with Gasteiger partial charge in [0, 0.05) is 17.7 Å². The van der Waals surface area contributed by atoms with Crippen LogP contribution in [-0.2, 0) is 4.79 Å². The molecule has 0 saturated carbocycles. The highest BCUT2D eigenvalue weighted by molar-refractivity contribution is 5.81. The Morgan fingerprint density at radius 3 is 2.62 bits per heavy atom. The summed E-state index contributed by atoms with van der Waals surface area (Å²) in [7, 11) is 0. The molecule has 2 unspecified atom stereocenters. The minimum atomic E-state index is -0.622. The average molecular weight is 296 g/mol. The van der Waals surface area contributed by atoms with Gasteiger partial charge in [-0.25, -0.2) is 8.78 Å². The van der Waals surface area contributed by atoms with Crippen molar-refractivity contribution in [3.63, 3.8) is 0 Å². The minimum absolute atomic E-state index is 0.0179. The van der Waals surface area contributed by atoms with Gasteiger partial charge >= 0.3 is 0 Å². The van der Waals surface area contributed by atoms with Gasteiger partial charge in [-0.1, -0.05) is 13.8 Å². The molecule has 21 heavy (non-hydrogen) atoms. The van der Waals surface area contributed by atoms with E-state index in [2.05, 4.69) is 19.2 Å². The fourth-order valence-electron chi connectivity index (χ4n) is 2.71. The molecule has 0 aromatic heterocycles. The van der Waals surface area contributed by atoms with Crippen molar-refractivity contribution < 1.29 is 13.6 Å². The standard InChI is InChI=1S/C16H22F2N2O/c1-10(2)4-5-11(3)20-15(21)9-19-16(20)13-7-6-12(17)8-14(13)18/h6-8,10-11,16,19H,4-5,9H2,1-3H3. The van der Waals surface area contributed by atoms with Crippen molar-refractivity contribution in [1.82, 2.24) is 10.2 Å². The van der Waals surface area contributed by atoms with Crippen LogP contribution in [0.2, 0.25) is 0 Å². The van der Waals surface area contributed by atoms with Crippen LogP contribution in [0.15, 0.2) is 18.2 Å². The lowest BCUT2D eigenvalue weighted by molar-refractivity contribution is -0.130. The summed E-state index contributed by atoms with van der Waals surface area (Å²) >= 11 is 0. The summed E-state index contributed by atoms with van der Waals surface area (Å²) in [5.74, 6) is -0.720. The molecule has 1 heterocycles. The number of nitrogens with zero attached hydrogens (tertiary/aromatic N) is 1. The van der Waals surface area contributed by atoms with Gasteiger partial charge in [-0.15, -0.1) is 0 Å². The van der Waals surface area contributed by atoms with Crippen LogP contribution in [0, 0.1) is 17.6 Å². The summed E-state index contributed by atoms with van der Waals surface area (Å²) in [6, 6.07) is 3.50. The number of benzene rings is 1. The first-order valence-corrected chi connectivity index (χ1v) is 7.39. The second-order valence-corrected chi connectivity index (χ2v) is 6.07. The number of carbonyl (C=O) groups excluding carboxylic acids is 1. The molecule has 116 valence electrons. The second kappa shape index (κ2) is 6.52. The van der Waals surface area contributed by atoms with E-state index in [9.17, 15) is 13.6 Å². The number of amides is 1. The zero-order valence-electron chi connectivity index (χ0n) is 12.7. The highest BCUT2D eigenvalue weighted by atomic mass is 19.1. The fourth-order valence-corrected chi connectivity index (χ4v) is 2.71. The summed E-state index contributed by atoms with van der Waals surface area (Å²) in [5.41, 5.74) is 0.318. The SMILES string of the molecule is CC(C)CCC(C)N1C(=O)CNC1c1ccc(F)cc1F. The molecule has 2 rings (SSSR count). The van der Waals surface area contributed by atoms with E-state index in [1.165, 1.54) is 12.1 Å². The quantitative estimate of drug-likeness (QED) is 0.905. The number of rotatable bonds is 5. The molecule has 0 bridgehead atoms. The van der Waals surface area contributed by atoms with Crippen molar-refractivity contribution in [2.75, 3.05) is 6.54 Å². The molecule has 3 nitrogen and oxygen atoms in total. The van der Waals surface area contributed by atoms with Crippen LogP contribution >= 0.6 is 0 Å². The van der Waals surface area contributed by atoms with Crippen molar-refractivity contribution in [3.05, 3.63) is 35.4 Å². The smallest absolute Gasteiger partial charge is 0.238 e. The van der Waals surface area contributed by atoms with E-state index in [1.54, 1.807) is 4.90 Å². The van der Waals surface area contributed by atoms with Crippen LogP contribution in [0.3, 0.4) is 0 Å². The molecule has 1 amide bonds. The third-order valence-corrected chi connectivity index (χ3v) is 3.91. The molecule has 1 aliphatic rings. The number of hydrogen-bond acceptors (Lipinski definition) is 2. The van der Waals surface area contributed by atoms with Crippen molar-refractivity contribution in [2.45, 2.75) is 45.8 Å². The van der Waals surface area contributed by atoms with Gasteiger partial charge in [0.25, 0.3) is 0 Å². The highest BCUT2D eigenvalue weighted by Gasteiger charge is 2.36. The number of hydrogen-bond donors (Lipinski definition) is 1. The maximum Gasteiger partial charge on any atom is 0.238 e. The van der Waals surface area contributed by atoms with Crippen LogP contribution in [0.1, 0.15) is 45.3 Å². The monoisotopic (exact) mass is 296 g/mol. The van der Waals surface area contributed by atoms with Gasteiger partial charge < -0.3 is 4.90 Å². The predicted molar refractivity (Wildman–Crippen MR) is 77.5 cm³/mol. The highest BCUT2D eigenvalue weighted by Crippen LogP contribution is 2.29. The Labute approximate surface area is 124 Å². The molecule has 1 aromatic carbocycles. The van der Waals surface area contributed by atoms with Crippen molar-refractivity contribution >= 4 is 5.91 Å². The molecule has 1 fully saturated rings. The van der Waals surface area contributed by atoms with Crippen LogP contribution in [0.25, 0.3) is 0 Å². The van der Waals surface area contributed by atoms with Gasteiger partial charge in [0.05, 0.1) is 6.54 Å². The third-order valence-electron chi connectivity index (χ3n) is 3.91. The maximum absolute atomic E-state index is 14.0. The Balaban J connectivity index is 2.19. The molecule has 2 atom stereocenters. The Hall–Kier alpha value is -1.49. The maximum atomic E-state index is 14.0. The van der Waals surface area contributed by atoms with Gasteiger partial charge in [0.1, 0.15) is 17.8 Å². The lowest BCUT2D eigenvalue weighted by Crippen LogP contribution is -2.38. The Bertz CT molecular complexity index is 519. The van der Waals surface area contributed by atoms with E-state index in [0.29, 0.717) is 11.5 Å². The Morgan fingerprint density at radius 2 is 2.00 bits per heavy atom. The molecule has 0 aliphatic carbocycles. The third kappa shape index (κ3) is 3.59. The van der Waals surface area contributed by atoms with Crippen molar-refractivity contribution in [2.24, 2.45) is 5.92 Å². The van der Waals surface area contributed by atoms with E-state index in [0.717, 1.165) is 18.9 Å². The normalized spacial score (nSPS) is 20.4. The summed E-state index contributed by atoms with van der Waals surface area (Å²) in [4.78, 5) is 13.8. The lowest BCUT2D eigenvalue weighted by atomic mass is 10.0. The van der Waals surface area contributed by atoms with Crippen LogP contribution < -0.4 is 5.32 Å². The van der Waals surface area contributed by atoms with E-state index in [-0.39, 0.29) is 18.5 Å². The van der Waals surface area contributed by atoms with E-state index in [1.807, 2.05) is 6.92 Å². The summed E-state index contributed by atoms with van der Waals surface area (Å²) in [6.07, 6.45) is 1.36. The number of halogens is 2. The van der Waals surface area contributed by atoms with E-state index >= 15 is 0 Å². The molecule has 1 saturated heterocycles. The first kappa shape index (κ1) is 15.9. The zero-order valence-corrected chi connectivity index (χ0v) is 12.7. The fraction of sp³-hybridized carbons (Fsp3) is 0.562.